The zero-order valence-electron chi connectivity index (χ0n) is 13.0. The Morgan fingerprint density at radius 1 is 1.10 bits per heavy atom. The monoisotopic (exact) mass is 274 g/mol. The Bertz CT molecular complexity index is 387. The van der Waals surface area contributed by atoms with Crippen LogP contribution in [0.3, 0.4) is 0 Å². The molecule has 2 heteroatoms. The molecule has 0 unspecified atom stereocenters. The molecule has 0 atom stereocenters. The summed E-state index contributed by atoms with van der Waals surface area (Å²) >= 11 is 0. The van der Waals surface area contributed by atoms with Crippen LogP contribution in [0, 0.1) is 0 Å². The summed E-state index contributed by atoms with van der Waals surface area (Å²) in [4.78, 5) is 0. The summed E-state index contributed by atoms with van der Waals surface area (Å²) in [7, 11) is 0. The molecule has 20 heavy (non-hydrogen) atoms. The zero-order valence-corrected chi connectivity index (χ0v) is 13.0. The van der Waals surface area contributed by atoms with Gasteiger partial charge in [-0.2, -0.15) is 0 Å². The molecule has 0 bridgehead atoms. The first-order chi connectivity index (χ1) is 9.92. The summed E-state index contributed by atoms with van der Waals surface area (Å²) in [6.07, 6.45) is 10.7. The number of aryl methyl sites for hydroxylation is 1. The highest BCUT2D eigenvalue weighted by Gasteiger charge is 2.11. The molecule has 0 aromatic heterocycles. The standard InChI is InChI=1S/C18H30N2/c1-2-3-4-5-6-7-13-19-15-17-11-8-10-16-12-9-14-20-18(16)17/h8,10-11,19-20H,2-7,9,12-15H2,1H3. The van der Waals surface area contributed by atoms with Gasteiger partial charge in [0.05, 0.1) is 0 Å². The molecule has 2 rings (SSSR count). The lowest BCUT2D eigenvalue weighted by atomic mass is 9.99. The predicted octanol–water partition coefficient (Wildman–Crippen LogP) is 4.49. The summed E-state index contributed by atoms with van der Waals surface area (Å²) in [5, 5.41) is 7.17. The van der Waals surface area contributed by atoms with Gasteiger partial charge in [-0.1, -0.05) is 57.2 Å². The van der Waals surface area contributed by atoms with Gasteiger partial charge in [0, 0.05) is 18.8 Å². The van der Waals surface area contributed by atoms with Crippen molar-refractivity contribution in [3.8, 4) is 0 Å². The number of hydrogen-bond acceptors (Lipinski definition) is 2. The lowest BCUT2D eigenvalue weighted by Gasteiger charge is -2.21. The molecule has 2 N–H and O–H groups in total. The van der Waals surface area contributed by atoms with Gasteiger partial charge in [0.25, 0.3) is 0 Å². The first kappa shape index (κ1) is 15.4. The Morgan fingerprint density at radius 3 is 2.85 bits per heavy atom. The highest BCUT2D eigenvalue weighted by Crippen LogP contribution is 2.25. The topological polar surface area (TPSA) is 24.1 Å². The van der Waals surface area contributed by atoms with Crippen molar-refractivity contribution in [1.82, 2.24) is 5.32 Å². The van der Waals surface area contributed by atoms with Crippen LogP contribution in [0.15, 0.2) is 18.2 Å². The molecule has 0 fully saturated rings. The smallest absolute Gasteiger partial charge is 0.0418 e. The fraction of sp³-hybridized carbons (Fsp3) is 0.667. The third kappa shape index (κ3) is 4.82. The first-order valence-electron chi connectivity index (χ1n) is 8.47. The van der Waals surface area contributed by atoms with Crippen molar-refractivity contribution >= 4 is 5.69 Å². The van der Waals surface area contributed by atoms with E-state index in [0.717, 1.165) is 19.6 Å². The van der Waals surface area contributed by atoms with Crippen molar-refractivity contribution in [2.24, 2.45) is 0 Å². The summed E-state index contributed by atoms with van der Waals surface area (Å²) < 4.78 is 0. The van der Waals surface area contributed by atoms with Gasteiger partial charge in [0.2, 0.25) is 0 Å². The van der Waals surface area contributed by atoms with Crippen molar-refractivity contribution in [1.29, 1.82) is 0 Å². The second kappa shape index (κ2) is 9.02. The van der Waals surface area contributed by atoms with E-state index in [9.17, 15) is 0 Å². The van der Waals surface area contributed by atoms with Crippen LogP contribution in [0.4, 0.5) is 5.69 Å². The number of anilines is 1. The van der Waals surface area contributed by atoms with Crippen LogP contribution in [-0.4, -0.2) is 13.1 Å². The molecular weight excluding hydrogens is 244 g/mol. The number of para-hydroxylation sites is 1. The van der Waals surface area contributed by atoms with Gasteiger partial charge < -0.3 is 10.6 Å². The molecule has 2 nitrogen and oxygen atoms in total. The van der Waals surface area contributed by atoms with Crippen molar-refractivity contribution in [3.63, 3.8) is 0 Å². The van der Waals surface area contributed by atoms with E-state index in [1.165, 1.54) is 68.2 Å². The number of unbranched alkanes of at least 4 members (excludes halogenated alkanes) is 5. The maximum absolute atomic E-state index is 3.60. The quantitative estimate of drug-likeness (QED) is 0.648. The number of nitrogens with one attached hydrogen (secondary N) is 2. The lowest BCUT2D eigenvalue weighted by Crippen LogP contribution is -2.19. The third-order valence-corrected chi connectivity index (χ3v) is 4.18. The summed E-state index contributed by atoms with van der Waals surface area (Å²) in [5.74, 6) is 0. The minimum atomic E-state index is 1.01. The van der Waals surface area contributed by atoms with Gasteiger partial charge in [0.15, 0.2) is 0 Å². The van der Waals surface area contributed by atoms with E-state index in [4.69, 9.17) is 0 Å². The van der Waals surface area contributed by atoms with E-state index in [-0.39, 0.29) is 0 Å². The lowest BCUT2D eigenvalue weighted by molar-refractivity contribution is 0.572. The van der Waals surface area contributed by atoms with E-state index >= 15 is 0 Å². The largest absolute Gasteiger partial charge is 0.385 e. The van der Waals surface area contributed by atoms with Crippen molar-refractivity contribution in [2.45, 2.75) is 64.8 Å². The van der Waals surface area contributed by atoms with Crippen LogP contribution in [0.1, 0.15) is 63.0 Å². The normalized spacial score (nSPS) is 13.8. The average Bonchev–Trinajstić information content (AvgIpc) is 2.50. The third-order valence-electron chi connectivity index (χ3n) is 4.18. The van der Waals surface area contributed by atoms with E-state index in [2.05, 4.69) is 35.8 Å². The Kier molecular flexibility index (Phi) is 6.93. The van der Waals surface area contributed by atoms with Gasteiger partial charge >= 0.3 is 0 Å². The minimum Gasteiger partial charge on any atom is -0.385 e. The molecule has 0 spiro atoms. The molecule has 1 aliphatic heterocycles. The van der Waals surface area contributed by atoms with Crippen LogP contribution >= 0.6 is 0 Å². The SMILES string of the molecule is CCCCCCCCNCc1cccc2c1NCCC2. The fourth-order valence-corrected chi connectivity index (χ4v) is 2.98. The Morgan fingerprint density at radius 2 is 1.95 bits per heavy atom. The van der Waals surface area contributed by atoms with Crippen molar-refractivity contribution < 1.29 is 0 Å². The average molecular weight is 274 g/mol. The molecule has 1 aromatic carbocycles. The van der Waals surface area contributed by atoms with Crippen LogP contribution in [0.5, 0.6) is 0 Å². The van der Waals surface area contributed by atoms with Gasteiger partial charge in [-0.15, -0.1) is 0 Å². The van der Waals surface area contributed by atoms with Crippen LogP contribution < -0.4 is 10.6 Å². The van der Waals surface area contributed by atoms with Crippen LogP contribution in [0.25, 0.3) is 0 Å². The van der Waals surface area contributed by atoms with E-state index in [1.807, 2.05) is 0 Å². The molecule has 1 aromatic rings. The van der Waals surface area contributed by atoms with Gasteiger partial charge in [-0.05, 0) is 36.9 Å². The first-order valence-corrected chi connectivity index (χ1v) is 8.47. The summed E-state index contributed by atoms with van der Waals surface area (Å²) in [6, 6.07) is 6.72. The molecule has 1 aliphatic rings. The van der Waals surface area contributed by atoms with Gasteiger partial charge in [-0.25, -0.2) is 0 Å². The molecule has 0 radical (unpaired) electrons. The highest BCUT2D eigenvalue weighted by atomic mass is 14.9. The molecule has 1 heterocycles. The summed E-state index contributed by atoms with van der Waals surface area (Å²) in [6.45, 7) is 5.55. The number of hydrogen-bond donors (Lipinski definition) is 2. The Labute approximate surface area is 124 Å². The maximum Gasteiger partial charge on any atom is 0.0418 e. The second-order valence-electron chi connectivity index (χ2n) is 5.93. The maximum atomic E-state index is 3.60. The van der Waals surface area contributed by atoms with Crippen molar-refractivity contribution in [2.75, 3.05) is 18.4 Å². The highest BCUT2D eigenvalue weighted by molar-refractivity contribution is 5.59. The number of fused-ring (bicyclic) bond motifs is 1. The predicted molar refractivity (Wildman–Crippen MR) is 88.3 cm³/mol. The number of benzene rings is 1. The molecule has 112 valence electrons. The van der Waals surface area contributed by atoms with Crippen molar-refractivity contribution in [3.05, 3.63) is 29.3 Å². The molecule has 0 aliphatic carbocycles. The Hall–Kier alpha value is -1.02. The van der Waals surface area contributed by atoms with Gasteiger partial charge in [-0.3, -0.25) is 0 Å². The van der Waals surface area contributed by atoms with E-state index in [0.29, 0.717) is 0 Å². The second-order valence-corrected chi connectivity index (χ2v) is 5.93. The van der Waals surface area contributed by atoms with Crippen LogP contribution in [0.2, 0.25) is 0 Å². The van der Waals surface area contributed by atoms with Crippen LogP contribution in [-0.2, 0) is 13.0 Å². The fourth-order valence-electron chi connectivity index (χ4n) is 2.98. The van der Waals surface area contributed by atoms with E-state index in [1.54, 1.807) is 0 Å². The van der Waals surface area contributed by atoms with Gasteiger partial charge in [0.1, 0.15) is 0 Å². The van der Waals surface area contributed by atoms with E-state index < -0.39 is 0 Å². The molecule has 0 saturated heterocycles. The number of rotatable bonds is 9. The summed E-state index contributed by atoms with van der Waals surface area (Å²) in [5.41, 5.74) is 4.33. The molecular formula is C18H30N2. The minimum absolute atomic E-state index is 1.01. The zero-order chi connectivity index (χ0) is 14.0. The Balaban J connectivity index is 1.64. The molecule has 0 amide bonds. The molecule has 0 saturated carbocycles.